The first-order chi connectivity index (χ1) is 24.5. The summed E-state index contributed by atoms with van der Waals surface area (Å²) in [6, 6.07) is 12.6. The second-order valence-corrected chi connectivity index (χ2v) is 13.1. The number of unbranched alkanes of at least 4 members (excludes halogenated alkanes) is 12. The highest BCUT2D eigenvalue weighted by atomic mass is 16.5. The third-order valence-electron chi connectivity index (χ3n) is 8.82. The fourth-order valence-electron chi connectivity index (χ4n) is 5.74. The highest BCUT2D eigenvalue weighted by Gasteiger charge is 2.20. The van der Waals surface area contributed by atoms with Gasteiger partial charge in [0.1, 0.15) is 23.0 Å². The van der Waals surface area contributed by atoms with Crippen LogP contribution in [-0.4, -0.2) is 26.4 Å². The van der Waals surface area contributed by atoms with Gasteiger partial charge >= 0.3 is 0 Å². The van der Waals surface area contributed by atoms with E-state index in [2.05, 4.69) is 39.8 Å². The summed E-state index contributed by atoms with van der Waals surface area (Å²) in [5, 5.41) is 20.7. The third-order valence-corrected chi connectivity index (χ3v) is 8.82. The molecule has 0 amide bonds. The second-order valence-electron chi connectivity index (χ2n) is 13.1. The highest BCUT2D eigenvalue weighted by Crippen LogP contribution is 2.39. The molecule has 0 aliphatic carbocycles. The van der Waals surface area contributed by atoms with Gasteiger partial charge in [-0.05, 0) is 75.4 Å². The minimum Gasteiger partial charge on any atom is -0.493 e. The first-order valence-electron chi connectivity index (χ1n) is 19.5. The summed E-state index contributed by atoms with van der Waals surface area (Å²) in [4.78, 5) is 0. The molecule has 0 spiro atoms. The summed E-state index contributed by atoms with van der Waals surface area (Å²) in [5.41, 5.74) is 4.06. The third kappa shape index (κ3) is 14.9. The Labute approximate surface area is 304 Å². The van der Waals surface area contributed by atoms with E-state index in [4.69, 9.17) is 18.9 Å². The van der Waals surface area contributed by atoms with E-state index in [1.807, 2.05) is 44.2 Å². The van der Waals surface area contributed by atoms with Crippen molar-refractivity contribution in [1.82, 2.24) is 0 Å². The average Bonchev–Trinajstić information content (AvgIpc) is 3.12. The quantitative estimate of drug-likeness (QED) is 0.0529. The van der Waals surface area contributed by atoms with E-state index in [9.17, 15) is 10.5 Å². The number of nitriles is 2. The van der Waals surface area contributed by atoms with E-state index in [0.717, 1.165) is 99.7 Å². The van der Waals surface area contributed by atoms with Crippen molar-refractivity contribution in [3.63, 3.8) is 0 Å². The van der Waals surface area contributed by atoms with Gasteiger partial charge < -0.3 is 18.9 Å². The molecule has 0 aliphatic heterocycles. The molecule has 6 heteroatoms. The van der Waals surface area contributed by atoms with Gasteiger partial charge in [0.2, 0.25) is 0 Å². The maximum Gasteiger partial charge on any atom is 0.128 e. The summed E-state index contributed by atoms with van der Waals surface area (Å²) in [5.74, 6) is 2.68. The van der Waals surface area contributed by atoms with Gasteiger partial charge in [-0.15, -0.1) is 0 Å². The minimum absolute atomic E-state index is 0.434. The van der Waals surface area contributed by atoms with Crippen LogP contribution in [0.3, 0.4) is 0 Å². The van der Waals surface area contributed by atoms with E-state index in [0.29, 0.717) is 60.2 Å². The maximum absolute atomic E-state index is 10.7. The van der Waals surface area contributed by atoms with E-state index in [-0.39, 0.29) is 0 Å². The molecule has 6 nitrogen and oxygen atoms in total. The van der Waals surface area contributed by atoms with Crippen LogP contribution in [0.5, 0.6) is 23.0 Å². The van der Waals surface area contributed by atoms with Crippen LogP contribution in [0.1, 0.15) is 160 Å². The van der Waals surface area contributed by atoms with Crippen LogP contribution in [0.25, 0.3) is 17.2 Å². The van der Waals surface area contributed by atoms with Crippen molar-refractivity contribution in [2.24, 2.45) is 0 Å². The van der Waals surface area contributed by atoms with E-state index >= 15 is 0 Å². The molecule has 0 aromatic heterocycles. The van der Waals surface area contributed by atoms with Crippen LogP contribution in [0.15, 0.2) is 30.3 Å². The number of allylic oxidation sites excluding steroid dienone is 3. The summed E-state index contributed by atoms with van der Waals surface area (Å²) in [6.45, 7) is 15.0. The van der Waals surface area contributed by atoms with Gasteiger partial charge in [0, 0.05) is 16.7 Å². The first-order valence-corrected chi connectivity index (χ1v) is 19.5. The van der Waals surface area contributed by atoms with Crippen molar-refractivity contribution in [3.8, 4) is 35.1 Å². The Balaban J connectivity index is 2.67. The highest BCUT2D eigenvalue weighted by molar-refractivity contribution is 5.94. The van der Waals surface area contributed by atoms with Gasteiger partial charge in [0.15, 0.2) is 0 Å². The van der Waals surface area contributed by atoms with E-state index in [1.54, 1.807) is 6.08 Å². The van der Waals surface area contributed by atoms with Crippen molar-refractivity contribution in [3.05, 3.63) is 52.6 Å². The number of ether oxygens (including phenoxy) is 4. The molecule has 0 saturated carbocycles. The Morgan fingerprint density at radius 3 is 1.32 bits per heavy atom. The van der Waals surface area contributed by atoms with Crippen molar-refractivity contribution in [2.75, 3.05) is 26.4 Å². The zero-order valence-electron chi connectivity index (χ0n) is 32.1. The van der Waals surface area contributed by atoms with E-state index < -0.39 is 0 Å². The zero-order chi connectivity index (χ0) is 36.4. The Morgan fingerprint density at radius 1 is 0.520 bits per heavy atom. The van der Waals surface area contributed by atoms with Crippen LogP contribution in [0.2, 0.25) is 0 Å². The second kappa shape index (κ2) is 26.0. The standard InChI is InChI=1S/C44H64N2O4/c1-7-12-16-20-24-47-41-30-37(42(28-35(41)6)48-25-21-17-13-8-2)29-38(34-46)40-32-43(49-26-22-18-14-9-3)39(36(11-5)33-45)31-44(40)50-27-23-19-15-10-4/h11,28-32H,7-10,12-27H2,1-6H3/b36-11+,38-29+. The van der Waals surface area contributed by atoms with E-state index in [1.165, 1.54) is 25.7 Å². The van der Waals surface area contributed by atoms with Gasteiger partial charge in [-0.2, -0.15) is 10.5 Å². The van der Waals surface area contributed by atoms with Crippen molar-refractivity contribution in [2.45, 2.75) is 144 Å². The largest absolute Gasteiger partial charge is 0.493 e. The SMILES string of the molecule is C/C=C(\C#N)c1cc(OCCCCCC)c(/C(C#N)=C/c2cc(OCCCCCC)c(C)cc2OCCCCCC)cc1OCCCCCC. The molecule has 0 heterocycles. The number of nitrogens with zero attached hydrogens (tertiary/aromatic N) is 2. The van der Waals surface area contributed by atoms with Crippen molar-refractivity contribution < 1.29 is 18.9 Å². The number of benzene rings is 2. The molecule has 0 radical (unpaired) electrons. The fourth-order valence-corrected chi connectivity index (χ4v) is 5.74. The van der Waals surface area contributed by atoms with Crippen LogP contribution < -0.4 is 18.9 Å². The topological polar surface area (TPSA) is 84.5 Å². The lowest BCUT2D eigenvalue weighted by Gasteiger charge is -2.18. The van der Waals surface area contributed by atoms with Gasteiger partial charge in [0.05, 0.1) is 49.7 Å². The van der Waals surface area contributed by atoms with Crippen LogP contribution in [-0.2, 0) is 0 Å². The molecule has 2 aromatic carbocycles. The van der Waals surface area contributed by atoms with Crippen LogP contribution in [0, 0.1) is 29.6 Å². The molecule has 0 fully saturated rings. The molecule has 0 saturated heterocycles. The zero-order valence-corrected chi connectivity index (χ0v) is 32.1. The molecule has 0 aliphatic rings. The predicted octanol–water partition coefficient (Wildman–Crippen LogP) is 12.8. The average molecular weight is 685 g/mol. The van der Waals surface area contributed by atoms with Crippen molar-refractivity contribution >= 4 is 17.2 Å². The summed E-state index contributed by atoms with van der Waals surface area (Å²) >= 11 is 0. The number of hydrogen-bond acceptors (Lipinski definition) is 6. The Kier molecular flexibility index (Phi) is 22.0. The fraction of sp³-hybridized carbons (Fsp3) is 0.591. The molecule has 274 valence electrons. The Morgan fingerprint density at radius 2 is 0.920 bits per heavy atom. The van der Waals surface area contributed by atoms with Crippen molar-refractivity contribution in [1.29, 1.82) is 10.5 Å². The van der Waals surface area contributed by atoms with Crippen LogP contribution in [0.4, 0.5) is 0 Å². The van der Waals surface area contributed by atoms with Crippen LogP contribution >= 0.6 is 0 Å². The Bertz CT molecular complexity index is 1410. The monoisotopic (exact) mass is 684 g/mol. The van der Waals surface area contributed by atoms with Gasteiger partial charge in [-0.3, -0.25) is 0 Å². The smallest absolute Gasteiger partial charge is 0.128 e. The predicted molar refractivity (Wildman–Crippen MR) is 209 cm³/mol. The molecular weight excluding hydrogens is 620 g/mol. The molecule has 2 rings (SSSR count). The summed E-state index contributed by atoms with van der Waals surface area (Å²) < 4.78 is 25.4. The van der Waals surface area contributed by atoms with Gasteiger partial charge in [-0.1, -0.05) is 111 Å². The number of hydrogen-bond donors (Lipinski definition) is 0. The van der Waals surface area contributed by atoms with Gasteiger partial charge in [0.25, 0.3) is 0 Å². The molecule has 0 N–H and O–H groups in total. The minimum atomic E-state index is 0.434. The molecule has 0 unspecified atom stereocenters. The molecular formula is C44H64N2O4. The van der Waals surface area contributed by atoms with Gasteiger partial charge in [-0.25, -0.2) is 0 Å². The molecule has 0 bridgehead atoms. The lowest BCUT2D eigenvalue weighted by molar-refractivity contribution is 0.295. The Hall–Kier alpha value is -3.90. The summed E-state index contributed by atoms with van der Waals surface area (Å²) in [6.07, 6.45) is 21.2. The lowest BCUT2D eigenvalue weighted by atomic mass is 9.96. The number of aryl methyl sites for hydroxylation is 1. The lowest BCUT2D eigenvalue weighted by Crippen LogP contribution is -2.05. The molecule has 2 aromatic rings. The number of rotatable bonds is 27. The molecule has 0 atom stereocenters. The molecule has 50 heavy (non-hydrogen) atoms. The summed E-state index contributed by atoms with van der Waals surface area (Å²) in [7, 11) is 0. The normalized spacial score (nSPS) is 11.6. The maximum atomic E-state index is 10.7. The first kappa shape index (κ1) is 42.3.